The molecule has 116 valence electrons. The van der Waals surface area contributed by atoms with Crippen molar-refractivity contribution < 1.29 is 32.5 Å². The zero-order valence-electron chi connectivity index (χ0n) is 11.3. The molecule has 0 unspecified atom stereocenters. The number of halogens is 3. The number of aromatic carboxylic acids is 1. The lowest BCUT2D eigenvalue weighted by Gasteiger charge is -2.16. The van der Waals surface area contributed by atoms with Gasteiger partial charge in [-0.2, -0.15) is 13.2 Å². The van der Waals surface area contributed by atoms with Crippen molar-refractivity contribution in [3.05, 3.63) is 53.6 Å². The predicted octanol–water partition coefficient (Wildman–Crippen LogP) is 4.20. The Hall–Kier alpha value is -2.70. The molecule has 0 saturated carbocycles. The van der Waals surface area contributed by atoms with Gasteiger partial charge >= 0.3 is 12.1 Å². The van der Waals surface area contributed by atoms with Gasteiger partial charge in [0.05, 0.1) is 12.7 Å². The highest BCUT2D eigenvalue weighted by Crippen LogP contribution is 2.40. The number of hydrogen-bond donors (Lipinski definition) is 1. The normalized spacial score (nSPS) is 11.1. The van der Waals surface area contributed by atoms with E-state index in [1.807, 2.05) is 0 Å². The van der Waals surface area contributed by atoms with Gasteiger partial charge in [-0.25, -0.2) is 4.79 Å². The molecule has 0 heterocycles. The van der Waals surface area contributed by atoms with Crippen LogP contribution in [0.25, 0.3) is 0 Å². The van der Waals surface area contributed by atoms with Crippen LogP contribution in [0.4, 0.5) is 13.2 Å². The number of methoxy groups -OCH3 is 1. The van der Waals surface area contributed by atoms with E-state index in [0.717, 1.165) is 18.2 Å². The first kappa shape index (κ1) is 15.7. The first-order valence-electron chi connectivity index (χ1n) is 6.08. The fraction of sp³-hybridized carbons (Fsp3) is 0.133. The Kier molecular flexibility index (Phi) is 4.25. The Bertz CT molecular complexity index is 678. The summed E-state index contributed by atoms with van der Waals surface area (Å²) in [6.45, 7) is 0. The maximum absolute atomic E-state index is 13.0. The lowest BCUT2D eigenvalue weighted by Crippen LogP contribution is -2.11. The van der Waals surface area contributed by atoms with Gasteiger partial charge in [0.1, 0.15) is 17.1 Å². The third-order valence-electron chi connectivity index (χ3n) is 2.83. The quantitative estimate of drug-likeness (QED) is 0.919. The molecule has 0 amide bonds. The Labute approximate surface area is 123 Å². The molecule has 0 radical (unpaired) electrons. The number of carboxylic acids is 1. The van der Waals surface area contributed by atoms with Crippen LogP contribution in [0.1, 0.15) is 15.9 Å². The number of carboxylic acid groups (broad SMARTS) is 1. The lowest BCUT2D eigenvalue weighted by atomic mass is 10.1. The largest absolute Gasteiger partial charge is 0.497 e. The molecule has 1 N–H and O–H groups in total. The Morgan fingerprint density at radius 2 is 1.64 bits per heavy atom. The van der Waals surface area contributed by atoms with Crippen LogP contribution in [-0.4, -0.2) is 18.2 Å². The van der Waals surface area contributed by atoms with Crippen LogP contribution in [0.2, 0.25) is 0 Å². The van der Waals surface area contributed by atoms with E-state index >= 15 is 0 Å². The van der Waals surface area contributed by atoms with Gasteiger partial charge in [-0.15, -0.1) is 0 Å². The van der Waals surface area contributed by atoms with E-state index < -0.39 is 29.0 Å². The van der Waals surface area contributed by atoms with Crippen LogP contribution in [0, 0.1) is 0 Å². The molecule has 0 aliphatic heterocycles. The van der Waals surface area contributed by atoms with Crippen molar-refractivity contribution in [3.63, 3.8) is 0 Å². The summed E-state index contributed by atoms with van der Waals surface area (Å²) in [4.78, 5) is 11.1. The molecular formula is C15H11F3O4. The van der Waals surface area contributed by atoms with Gasteiger partial charge in [-0.05, 0) is 36.4 Å². The number of ether oxygens (including phenoxy) is 2. The maximum atomic E-state index is 13.0. The zero-order chi connectivity index (χ0) is 16.3. The summed E-state index contributed by atoms with van der Waals surface area (Å²) in [5.41, 5.74) is -1.71. The van der Waals surface area contributed by atoms with Gasteiger partial charge in [0, 0.05) is 0 Å². The van der Waals surface area contributed by atoms with Crippen LogP contribution >= 0.6 is 0 Å². The van der Waals surface area contributed by atoms with Gasteiger partial charge < -0.3 is 14.6 Å². The summed E-state index contributed by atoms with van der Waals surface area (Å²) in [5.74, 6) is -1.68. The molecule has 0 fully saturated rings. The van der Waals surface area contributed by atoms with Crippen LogP contribution < -0.4 is 9.47 Å². The summed E-state index contributed by atoms with van der Waals surface area (Å²) in [5, 5.41) is 9.05. The SMILES string of the molecule is COc1ccc(Oc2c(C(=O)O)cccc2C(F)(F)F)cc1. The van der Waals surface area contributed by atoms with Crippen LogP contribution in [0.3, 0.4) is 0 Å². The zero-order valence-corrected chi connectivity index (χ0v) is 11.3. The van der Waals surface area contributed by atoms with E-state index in [-0.39, 0.29) is 5.75 Å². The Morgan fingerprint density at radius 1 is 1.05 bits per heavy atom. The van der Waals surface area contributed by atoms with E-state index in [1.54, 1.807) is 0 Å². The van der Waals surface area contributed by atoms with Crippen molar-refractivity contribution in [2.75, 3.05) is 7.11 Å². The summed E-state index contributed by atoms with van der Waals surface area (Å²) >= 11 is 0. The molecule has 4 nitrogen and oxygen atoms in total. The average Bonchev–Trinajstić information content (AvgIpc) is 2.47. The molecule has 22 heavy (non-hydrogen) atoms. The number of para-hydroxylation sites is 1. The minimum Gasteiger partial charge on any atom is -0.497 e. The first-order valence-corrected chi connectivity index (χ1v) is 6.08. The van der Waals surface area contributed by atoms with Gasteiger partial charge in [-0.1, -0.05) is 6.07 Å². The van der Waals surface area contributed by atoms with E-state index in [9.17, 15) is 18.0 Å². The Balaban J connectivity index is 2.49. The molecule has 2 rings (SSSR count). The van der Waals surface area contributed by atoms with Crippen LogP contribution in [-0.2, 0) is 6.18 Å². The van der Waals surface area contributed by atoms with Crippen LogP contribution in [0.15, 0.2) is 42.5 Å². The predicted molar refractivity (Wildman–Crippen MR) is 71.5 cm³/mol. The summed E-state index contributed by atoms with van der Waals surface area (Å²) < 4.78 is 49.2. The molecule has 0 spiro atoms. The van der Waals surface area contributed by atoms with Crippen molar-refractivity contribution in [1.82, 2.24) is 0 Å². The highest BCUT2D eigenvalue weighted by atomic mass is 19.4. The van der Waals surface area contributed by atoms with E-state index in [2.05, 4.69) is 0 Å². The third kappa shape index (κ3) is 3.30. The topological polar surface area (TPSA) is 55.8 Å². The minimum atomic E-state index is -4.73. The maximum Gasteiger partial charge on any atom is 0.420 e. The number of benzene rings is 2. The number of carbonyl (C=O) groups is 1. The molecule has 0 saturated heterocycles. The van der Waals surface area contributed by atoms with Crippen molar-refractivity contribution in [3.8, 4) is 17.2 Å². The van der Waals surface area contributed by atoms with E-state index in [4.69, 9.17) is 14.6 Å². The first-order chi connectivity index (χ1) is 10.3. The molecule has 0 aromatic heterocycles. The second-order valence-corrected chi connectivity index (χ2v) is 4.26. The highest BCUT2D eigenvalue weighted by Gasteiger charge is 2.36. The van der Waals surface area contributed by atoms with Gasteiger partial charge in [-0.3, -0.25) is 0 Å². The second-order valence-electron chi connectivity index (χ2n) is 4.26. The molecular weight excluding hydrogens is 301 g/mol. The second kappa shape index (κ2) is 5.97. The van der Waals surface area contributed by atoms with Gasteiger partial charge in [0.15, 0.2) is 5.75 Å². The molecule has 2 aromatic carbocycles. The highest BCUT2D eigenvalue weighted by molar-refractivity contribution is 5.91. The third-order valence-corrected chi connectivity index (χ3v) is 2.83. The molecule has 2 aromatic rings. The summed E-state index contributed by atoms with van der Waals surface area (Å²) in [7, 11) is 1.44. The Morgan fingerprint density at radius 3 is 2.14 bits per heavy atom. The van der Waals surface area contributed by atoms with Gasteiger partial charge in [0.2, 0.25) is 0 Å². The number of rotatable bonds is 4. The van der Waals surface area contributed by atoms with E-state index in [1.165, 1.54) is 31.4 Å². The minimum absolute atomic E-state index is 0.0694. The molecule has 0 aliphatic carbocycles. The molecule has 0 atom stereocenters. The van der Waals surface area contributed by atoms with Crippen molar-refractivity contribution in [1.29, 1.82) is 0 Å². The van der Waals surface area contributed by atoms with Crippen LogP contribution in [0.5, 0.6) is 17.2 Å². The summed E-state index contributed by atoms with van der Waals surface area (Å²) in [6, 6.07) is 8.60. The van der Waals surface area contributed by atoms with E-state index in [0.29, 0.717) is 5.75 Å². The number of alkyl halides is 3. The van der Waals surface area contributed by atoms with Crippen molar-refractivity contribution in [2.45, 2.75) is 6.18 Å². The summed E-state index contributed by atoms with van der Waals surface area (Å²) in [6.07, 6.45) is -4.73. The smallest absolute Gasteiger partial charge is 0.420 e. The fourth-order valence-corrected chi connectivity index (χ4v) is 1.80. The molecule has 7 heteroatoms. The molecule has 0 bridgehead atoms. The van der Waals surface area contributed by atoms with Gasteiger partial charge in [0.25, 0.3) is 0 Å². The number of hydrogen-bond acceptors (Lipinski definition) is 3. The van der Waals surface area contributed by atoms with Crippen molar-refractivity contribution in [2.24, 2.45) is 0 Å². The molecule has 0 aliphatic rings. The van der Waals surface area contributed by atoms with Crippen molar-refractivity contribution >= 4 is 5.97 Å². The lowest BCUT2D eigenvalue weighted by molar-refractivity contribution is -0.138. The monoisotopic (exact) mass is 312 g/mol. The standard InChI is InChI=1S/C15H11F3O4/c1-21-9-5-7-10(8-6-9)22-13-11(14(19)20)3-2-4-12(13)15(16,17)18/h2-8H,1H3,(H,19,20). The average molecular weight is 312 g/mol. The fourth-order valence-electron chi connectivity index (χ4n) is 1.80.